The van der Waals surface area contributed by atoms with Crippen molar-refractivity contribution in [2.45, 2.75) is 18.5 Å². The van der Waals surface area contributed by atoms with E-state index in [9.17, 15) is 8.42 Å². The molecule has 0 aromatic heterocycles. The molecule has 0 radical (unpaired) electrons. The van der Waals surface area contributed by atoms with Crippen LogP contribution in [0.4, 0.5) is 0 Å². The second kappa shape index (κ2) is 7.46. The number of rotatable bonds is 5. The van der Waals surface area contributed by atoms with E-state index in [1.807, 2.05) is 54.6 Å². The van der Waals surface area contributed by atoms with Gasteiger partial charge in [0, 0.05) is 9.13 Å². The lowest BCUT2D eigenvalue weighted by molar-refractivity contribution is -0.0727. The van der Waals surface area contributed by atoms with Crippen molar-refractivity contribution in [3.63, 3.8) is 0 Å². The van der Waals surface area contributed by atoms with E-state index in [-0.39, 0.29) is 6.61 Å². The lowest BCUT2D eigenvalue weighted by atomic mass is 10.1. The van der Waals surface area contributed by atoms with Gasteiger partial charge in [-0.3, -0.25) is 4.18 Å². The standard InChI is InChI=1S/C16H16INO5S/c17-13-9-5-4-8-12(13)15-14(10-21-24(18,19)20)22-16(23-15)11-6-2-1-3-7-11/h1-9,14-16H,10H2,(H2,18,19,20)/t14-,15?,16?/m1/s1. The predicted molar refractivity (Wildman–Crippen MR) is 96.1 cm³/mol. The minimum absolute atomic E-state index is 0.211. The topological polar surface area (TPSA) is 87.9 Å². The summed E-state index contributed by atoms with van der Waals surface area (Å²) in [5, 5.41) is 4.93. The molecule has 1 fully saturated rings. The van der Waals surface area contributed by atoms with Gasteiger partial charge in [-0.15, -0.1) is 0 Å². The van der Waals surface area contributed by atoms with Crippen LogP contribution < -0.4 is 5.14 Å². The van der Waals surface area contributed by atoms with Gasteiger partial charge in [0.15, 0.2) is 6.29 Å². The molecule has 2 aromatic carbocycles. The zero-order valence-electron chi connectivity index (χ0n) is 12.5. The maximum absolute atomic E-state index is 11.1. The molecule has 24 heavy (non-hydrogen) atoms. The minimum atomic E-state index is -4.05. The maximum Gasteiger partial charge on any atom is 0.333 e. The van der Waals surface area contributed by atoms with Gasteiger partial charge in [0.1, 0.15) is 12.2 Å². The molecule has 3 atom stereocenters. The van der Waals surface area contributed by atoms with E-state index >= 15 is 0 Å². The first kappa shape index (κ1) is 17.8. The Labute approximate surface area is 154 Å². The smallest absolute Gasteiger partial charge is 0.333 e. The average molecular weight is 461 g/mol. The molecule has 3 rings (SSSR count). The first-order valence-corrected chi connectivity index (χ1v) is 9.76. The first-order chi connectivity index (χ1) is 11.4. The largest absolute Gasteiger partial charge is 0.340 e. The van der Waals surface area contributed by atoms with Crippen molar-refractivity contribution >= 4 is 32.9 Å². The summed E-state index contributed by atoms with van der Waals surface area (Å²) in [7, 11) is -4.05. The SMILES string of the molecule is NS(=O)(=O)OC[C@H]1OC(c2ccccc2)OC1c1ccccc1I. The van der Waals surface area contributed by atoms with E-state index in [1.165, 1.54) is 0 Å². The van der Waals surface area contributed by atoms with Crippen molar-refractivity contribution < 1.29 is 22.1 Å². The van der Waals surface area contributed by atoms with Crippen molar-refractivity contribution in [1.82, 2.24) is 0 Å². The van der Waals surface area contributed by atoms with Gasteiger partial charge in [-0.2, -0.15) is 8.42 Å². The summed E-state index contributed by atoms with van der Waals surface area (Å²) in [6.45, 7) is -0.211. The molecule has 2 aromatic rings. The molecule has 0 spiro atoms. The van der Waals surface area contributed by atoms with Crippen LogP contribution in [0.3, 0.4) is 0 Å². The molecule has 1 heterocycles. The molecule has 2 N–H and O–H groups in total. The number of nitrogens with two attached hydrogens (primary N) is 1. The Morgan fingerprint density at radius 1 is 1.04 bits per heavy atom. The molecule has 0 bridgehead atoms. The van der Waals surface area contributed by atoms with Gasteiger partial charge in [-0.25, -0.2) is 5.14 Å². The number of ether oxygens (including phenoxy) is 2. The molecule has 1 saturated heterocycles. The Bertz CT molecular complexity index is 799. The molecule has 128 valence electrons. The third kappa shape index (κ3) is 4.32. The van der Waals surface area contributed by atoms with Crippen LogP contribution in [0.25, 0.3) is 0 Å². The predicted octanol–water partition coefficient (Wildman–Crippen LogP) is 2.67. The van der Waals surface area contributed by atoms with Crippen molar-refractivity contribution in [3.8, 4) is 0 Å². The van der Waals surface area contributed by atoms with Crippen LogP contribution in [0, 0.1) is 3.57 Å². The van der Waals surface area contributed by atoms with Crippen molar-refractivity contribution in [2.24, 2.45) is 5.14 Å². The van der Waals surface area contributed by atoms with E-state index in [2.05, 4.69) is 22.6 Å². The third-order valence-corrected chi connectivity index (χ3v) is 5.03. The Balaban J connectivity index is 1.86. The van der Waals surface area contributed by atoms with Gasteiger partial charge in [0.05, 0.1) is 6.61 Å². The molecular formula is C16H16INO5S. The molecule has 1 aliphatic heterocycles. The fraction of sp³-hybridized carbons (Fsp3) is 0.250. The second-order valence-corrected chi connectivity index (χ2v) is 7.66. The molecule has 8 heteroatoms. The Morgan fingerprint density at radius 2 is 1.71 bits per heavy atom. The van der Waals surface area contributed by atoms with Crippen molar-refractivity contribution in [2.75, 3.05) is 6.61 Å². The Kier molecular flexibility index (Phi) is 5.52. The summed E-state index contributed by atoms with van der Waals surface area (Å²) >= 11 is 2.21. The van der Waals surface area contributed by atoms with Crippen LogP contribution in [-0.4, -0.2) is 21.1 Å². The summed E-state index contributed by atoms with van der Waals surface area (Å²) < 4.78 is 39.9. The lowest BCUT2D eigenvalue weighted by Gasteiger charge is -2.17. The normalized spacial score (nSPS) is 24.2. The Morgan fingerprint density at radius 3 is 2.38 bits per heavy atom. The fourth-order valence-electron chi connectivity index (χ4n) is 2.52. The van der Waals surface area contributed by atoms with Crippen LogP contribution in [0.15, 0.2) is 54.6 Å². The molecular weight excluding hydrogens is 445 g/mol. The first-order valence-electron chi connectivity index (χ1n) is 7.21. The maximum atomic E-state index is 11.1. The lowest BCUT2D eigenvalue weighted by Crippen LogP contribution is -2.27. The zero-order chi connectivity index (χ0) is 17.2. The zero-order valence-corrected chi connectivity index (χ0v) is 15.5. The van der Waals surface area contributed by atoms with Crippen molar-refractivity contribution in [3.05, 3.63) is 69.3 Å². The van der Waals surface area contributed by atoms with Gasteiger partial charge < -0.3 is 9.47 Å². The summed E-state index contributed by atoms with van der Waals surface area (Å²) in [4.78, 5) is 0. The molecule has 0 amide bonds. The molecule has 1 aliphatic rings. The van der Waals surface area contributed by atoms with E-state index < -0.39 is 28.8 Å². The van der Waals surface area contributed by atoms with Gasteiger partial charge in [0.25, 0.3) is 0 Å². The highest BCUT2D eigenvalue weighted by Gasteiger charge is 2.39. The summed E-state index contributed by atoms with van der Waals surface area (Å²) in [5.74, 6) is 0. The van der Waals surface area contributed by atoms with Gasteiger partial charge in [0.2, 0.25) is 0 Å². The number of halogens is 1. The molecule has 0 aliphatic carbocycles. The van der Waals surface area contributed by atoms with Crippen LogP contribution in [0.5, 0.6) is 0 Å². The highest BCUT2D eigenvalue weighted by atomic mass is 127. The second-order valence-electron chi connectivity index (χ2n) is 5.27. The molecule has 2 unspecified atom stereocenters. The summed E-state index contributed by atoms with van der Waals surface area (Å²) in [6, 6.07) is 17.1. The third-order valence-electron chi connectivity index (χ3n) is 3.59. The van der Waals surface area contributed by atoms with Crippen LogP contribution in [-0.2, 0) is 24.0 Å². The number of hydrogen-bond donors (Lipinski definition) is 1. The Hall–Kier alpha value is -1.04. The van der Waals surface area contributed by atoms with E-state index in [0.717, 1.165) is 14.7 Å². The average Bonchev–Trinajstić information content (AvgIpc) is 2.98. The highest BCUT2D eigenvalue weighted by Crippen LogP contribution is 2.41. The minimum Gasteiger partial charge on any atom is -0.340 e. The molecule has 0 saturated carbocycles. The van der Waals surface area contributed by atoms with Crippen LogP contribution in [0.1, 0.15) is 23.5 Å². The van der Waals surface area contributed by atoms with Crippen molar-refractivity contribution in [1.29, 1.82) is 0 Å². The van der Waals surface area contributed by atoms with Gasteiger partial charge in [-0.05, 0) is 34.2 Å². The summed E-state index contributed by atoms with van der Waals surface area (Å²) in [5.41, 5.74) is 1.77. The van der Waals surface area contributed by atoms with E-state index in [1.54, 1.807) is 0 Å². The van der Waals surface area contributed by atoms with Gasteiger partial charge in [-0.1, -0.05) is 48.5 Å². The monoisotopic (exact) mass is 461 g/mol. The number of hydrogen-bond acceptors (Lipinski definition) is 5. The molecule has 6 nitrogen and oxygen atoms in total. The van der Waals surface area contributed by atoms with E-state index in [0.29, 0.717) is 0 Å². The van der Waals surface area contributed by atoms with E-state index in [4.69, 9.17) is 18.8 Å². The van der Waals surface area contributed by atoms with Crippen LogP contribution in [0.2, 0.25) is 0 Å². The number of benzene rings is 2. The summed E-state index contributed by atoms with van der Waals surface area (Å²) in [6.07, 6.45) is -1.64. The van der Waals surface area contributed by atoms with Gasteiger partial charge >= 0.3 is 10.3 Å². The van der Waals surface area contributed by atoms with Crippen LogP contribution >= 0.6 is 22.6 Å². The quantitative estimate of drug-likeness (QED) is 0.692. The fourth-order valence-corrected chi connectivity index (χ4v) is 3.54. The highest BCUT2D eigenvalue weighted by molar-refractivity contribution is 14.1.